The number of allylic oxidation sites excluding steroid dienone is 2. The highest BCUT2D eigenvalue weighted by atomic mass is 16.5. The van der Waals surface area contributed by atoms with Gasteiger partial charge in [-0.3, -0.25) is 4.79 Å². The van der Waals surface area contributed by atoms with E-state index >= 15 is 0 Å². The van der Waals surface area contributed by atoms with Crippen molar-refractivity contribution < 1.29 is 14.3 Å². The van der Waals surface area contributed by atoms with Crippen LogP contribution in [-0.2, 0) is 14.3 Å². The number of ether oxygens (including phenoxy) is 1. The first-order chi connectivity index (χ1) is 8.47. The highest BCUT2D eigenvalue weighted by Crippen LogP contribution is 2.16. The summed E-state index contributed by atoms with van der Waals surface area (Å²) in [7, 11) is 0. The number of hydrogen-bond donors (Lipinski definition) is 0. The molecule has 100 valence electrons. The molecule has 1 aliphatic heterocycles. The fourth-order valence-corrected chi connectivity index (χ4v) is 1.96. The van der Waals surface area contributed by atoms with E-state index in [0.29, 0.717) is 18.9 Å². The summed E-state index contributed by atoms with van der Waals surface area (Å²) in [6, 6.07) is 0. The van der Waals surface area contributed by atoms with Crippen molar-refractivity contribution in [2.24, 2.45) is 5.92 Å². The maximum atomic E-state index is 11.6. The number of carbonyl (C=O) groups excluding carboxylic acids is 2. The SMILES string of the molecule is CC(=CC(=O)CC(C)C)CCCC1=CC(=O)OC1. The average molecular weight is 250 g/mol. The molecule has 1 heterocycles. The van der Waals surface area contributed by atoms with E-state index in [1.165, 1.54) is 0 Å². The summed E-state index contributed by atoms with van der Waals surface area (Å²) < 4.78 is 4.83. The van der Waals surface area contributed by atoms with Gasteiger partial charge in [-0.15, -0.1) is 0 Å². The summed E-state index contributed by atoms with van der Waals surface area (Å²) in [5.74, 6) is 0.388. The Morgan fingerprint density at radius 1 is 1.50 bits per heavy atom. The first kappa shape index (κ1) is 14.7. The van der Waals surface area contributed by atoms with Gasteiger partial charge in [0, 0.05) is 12.5 Å². The normalized spacial score (nSPS) is 15.9. The van der Waals surface area contributed by atoms with Gasteiger partial charge in [0.1, 0.15) is 6.61 Å². The minimum Gasteiger partial charge on any atom is -0.458 e. The highest BCUT2D eigenvalue weighted by molar-refractivity contribution is 5.90. The number of cyclic esters (lactones) is 1. The van der Waals surface area contributed by atoms with Gasteiger partial charge in [-0.2, -0.15) is 0 Å². The highest BCUT2D eigenvalue weighted by Gasteiger charge is 2.12. The van der Waals surface area contributed by atoms with Gasteiger partial charge in [-0.25, -0.2) is 4.79 Å². The van der Waals surface area contributed by atoms with E-state index in [0.717, 1.165) is 30.4 Å². The van der Waals surface area contributed by atoms with Crippen LogP contribution in [0, 0.1) is 5.92 Å². The maximum Gasteiger partial charge on any atom is 0.331 e. The van der Waals surface area contributed by atoms with Crippen molar-refractivity contribution in [3.05, 3.63) is 23.3 Å². The summed E-state index contributed by atoms with van der Waals surface area (Å²) in [5, 5.41) is 0. The standard InChI is InChI=1S/C15H22O3/c1-11(2)7-14(16)8-12(3)5-4-6-13-9-15(17)18-10-13/h8-9,11H,4-7,10H2,1-3H3. The average Bonchev–Trinajstić information content (AvgIpc) is 2.62. The smallest absolute Gasteiger partial charge is 0.331 e. The van der Waals surface area contributed by atoms with Crippen LogP contribution < -0.4 is 0 Å². The van der Waals surface area contributed by atoms with E-state index in [2.05, 4.69) is 0 Å². The zero-order valence-electron chi connectivity index (χ0n) is 11.5. The molecule has 0 bridgehead atoms. The van der Waals surface area contributed by atoms with E-state index in [4.69, 9.17) is 4.74 Å². The van der Waals surface area contributed by atoms with Gasteiger partial charge in [0.15, 0.2) is 5.78 Å². The lowest BCUT2D eigenvalue weighted by molar-refractivity contribution is -0.135. The molecule has 0 N–H and O–H groups in total. The van der Waals surface area contributed by atoms with Gasteiger partial charge in [0.05, 0.1) is 0 Å². The third kappa shape index (κ3) is 5.80. The second-order valence-corrected chi connectivity index (χ2v) is 5.32. The van der Waals surface area contributed by atoms with Crippen LogP contribution >= 0.6 is 0 Å². The van der Waals surface area contributed by atoms with Crippen LogP contribution in [0.5, 0.6) is 0 Å². The van der Waals surface area contributed by atoms with Crippen LogP contribution in [0.2, 0.25) is 0 Å². The largest absolute Gasteiger partial charge is 0.458 e. The maximum absolute atomic E-state index is 11.6. The van der Waals surface area contributed by atoms with Gasteiger partial charge in [-0.05, 0) is 43.8 Å². The van der Waals surface area contributed by atoms with Crippen molar-refractivity contribution in [3.63, 3.8) is 0 Å². The van der Waals surface area contributed by atoms with Gasteiger partial charge in [0.2, 0.25) is 0 Å². The first-order valence-corrected chi connectivity index (χ1v) is 6.53. The Hall–Kier alpha value is -1.38. The Morgan fingerprint density at radius 2 is 2.22 bits per heavy atom. The van der Waals surface area contributed by atoms with Crippen molar-refractivity contribution in [3.8, 4) is 0 Å². The third-order valence-electron chi connectivity index (χ3n) is 2.81. The zero-order chi connectivity index (χ0) is 13.5. The fourth-order valence-electron chi connectivity index (χ4n) is 1.96. The summed E-state index contributed by atoms with van der Waals surface area (Å²) in [5.41, 5.74) is 2.17. The molecule has 0 saturated heterocycles. The molecule has 1 rings (SSSR count). The van der Waals surface area contributed by atoms with Gasteiger partial charge < -0.3 is 4.74 Å². The van der Waals surface area contributed by atoms with Crippen molar-refractivity contribution in [1.82, 2.24) is 0 Å². The summed E-state index contributed by atoms with van der Waals surface area (Å²) >= 11 is 0. The number of hydrogen-bond acceptors (Lipinski definition) is 3. The van der Waals surface area contributed by atoms with E-state index in [9.17, 15) is 9.59 Å². The monoisotopic (exact) mass is 250 g/mol. The number of ketones is 1. The summed E-state index contributed by atoms with van der Waals surface area (Å²) in [6.07, 6.45) is 6.67. The quantitative estimate of drug-likeness (QED) is 0.515. The molecule has 0 amide bonds. The molecule has 3 nitrogen and oxygen atoms in total. The molecule has 0 aromatic carbocycles. The molecule has 0 aromatic rings. The minimum absolute atomic E-state index is 0.209. The lowest BCUT2D eigenvalue weighted by atomic mass is 10.0. The van der Waals surface area contributed by atoms with E-state index in [-0.39, 0.29) is 11.8 Å². The molecular formula is C15H22O3. The van der Waals surface area contributed by atoms with Gasteiger partial charge in [0.25, 0.3) is 0 Å². The fraction of sp³-hybridized carbons (Fsp3) is 0.600. The molecule has 0 spiro atoms. The second kappa shape index (κ2) is 7.14. The molecule has 3 heteroatoms. The van der Waals surface area contributed by atoms with Crippen LogP contribution in [0.1, 0.15) is 46.5 Å². The van der Waals surface area contributed by atoms with Crippen molar-refractivity contribution in [2.45, 2.75) is 46.5 Å². The van der Waals surface area contributed by atoms with Crippen molar-refractivity contribution in [2.75, 3.05) is 6.61 Å². The molecule has 0 atom stereocenters. The first-order valence-electron chi connectivity index (χ1n) is 6.53. The molecule has 0 aliphatic carbocycles. The second-order valence-electron chi connectivity index (χ2n) is 5.32. The number of carbonyl (C=O) groups is 2. The van der Waals surface area contributed by atoms with Gasteiger partial charge >= 0.3 is 5.97 Å². The molecule has 0 saturated carbocycles. The Balaban J connectivity index is 2.26. The van der Waals surface area contributed by atoms with Crippen molar-refractivity contribution >= 4 is 11.8 Å². The molecular weight excluding hydrogens is 228 g/mol. The van der Waals surface area contributed by atoms with Crippen LogP contribution in [0.4, 0.5) is 0 Å². The predicted octanol–water partition coefficient (Wildman–Crippen LogP) is 3.20. The Labute approximate surface area is 109 Å². The van der Waals surface area contributed by atoms with Gasteiger partial charge in [-0.1, -0.05) is 19.4 Å². The molecule has 18 heavy (non-hydrogen) atoms. The Morgan fingerprint density at radius 3 is 2.78 bits per heavy atom. The predicted molar refractivity (Wildman–Crippen MR) is 71.1 cm³/mol. The van der Waals surface area contributed by atoms with E-state index in [1.54, 1.807) is 12.2 Å². The topological polar surface area (TPSA) is 43.4 Å². The molecule has 0 aromatic heterocycles. The summed E-state index contributed by atoms with van der Waals surface area (Å²) in [4.78, 5) is 22.4. The van der Waals surface area contributed by atoms with Crippen molar-refractivity contribution in [1.29, 1.82) is 0 Å². The van der Waals surface area contributed by atoms with Crippen LogP contribution in [-0.4, -0.2) is 18.4 Å². The van der Waals surface area contributed by atoms with Crippen LogP contribution in [0.3, 0.4) is 0 Å². The molecule has 1 aliphatic rings. The lowest BCUT2D eigenvalue weighted by Gasteiger charge is -2.03. The lowest BCUT2D eigenvalue weighted by Crippen LogP contribution is -1.99. The minimum atomic E-state index is -0.232. The number of rotatable bonds is 7. The van der Waals surface area contributed by atoms with Crippen LogP contribution in [0.15, 0.2) is 23.3 Å². The van der Waals surface area contributed by atoms with E-state index in [1.807, 2.05) is 20.8 Å². The summed E-state index contributed by atoms with van der Waals surface area (Å²) in [6.45, 7) is 6.52. The third-order valence-corrected chi connectivity index (χ3v) is 2.81. The number of esters is 1. The Kier molecular flexibility index (Phi) is 5.83. The molecule has 0 unspecified atom stereocenters. The molecule has 0 radical (unpaired) electrons. The van der Waals surface area contributed by atoms with E-state index < -0.39 is 0 Å². The van der Waals surface area contributed by atoms with Crippen LogP contribution in [0.25, 0.3) is 0 Å². The zero-order valence-corrected chi connectivity index (χ0v) is 11.5. The molecule has 0 fully saturated rings. The Bertz CT molecular complexity index is 375.